The molecule has 2 aromatic carbocycles. The standard InChI is InChI=1S/C21H23N3O4S/c1-4-18(15-9-11-17(12-10-15)29(3,26)27)23-21(25)16-13-22-24(14-16)19-7-5-6-8-20(19)28-2/h5-14,18H,4H2,1-3H3,(H,23,25). The first kappa shape index (κ1) is 20.6. The Kier molecular flexibility index (Phi) is 6.03. The van der Waals surface area contributed by atoms with E-state index in [9.17, 15) is 13.2 Å². The maximum atomic E-state index is 12.7. The minimum atomic E-state index is -3.26. The van der Waals surface area contributed by atoms with Crippen LogP contribution in [0, 0.1) is 0 Å². The van der Waals surface area contributed by atoms with Crippen LogP contribution in [-0.4, -0.2) is 37.5 Å². The molecule has 0 saturated carbocycles. The Labute approximate surface area is 170 Å². The van der Waals surface area contributed by atoms with Gasteiger partial charge < -0.3 is 10.1 Å². The first-order chi connectivity index (χ1) is 13.8. The molecule has 1 N–H and O–H groups in total. The monoisotopic (exact) mass is 413 g/mol. The number of ether oxygens (including phenoxy) is 1. The summed E-state index contributed by atoms with van der Waals surface area (Å²) in [4.78, 5) is 13.0. The fourth-order valence-corrected chi connectivity index (χ4v) is 3.63. The lowest BCUT2D eigenvalue weighted by molar-refractivity contribution is 0.0935. The molecule has 1 atom stereocenters. The van der Waals surface area contributed by atoms with Gasteiger partial charge in [-0.05, 0) is 36.2 Å². The number of para-hydroxylation sites is 2. The Morgan fingerprint density at radius 2 is 1.86 bits per heavy atom. The highest BCUT2D eigenvalue weighted by Gasteiger charge is 2.17. The second kappa shape index (κ2) is 8.48. The fraction of sp³-hybridized carbons (Fsp3) is 0.238. The molecule has 1 amide bonds. The van der Waals surface area contributed by atoms with Crippen LogP contribution < -0.4 is 10.1 Å². The van der Waals surface area contributed by atoms with Crippen molar-refractivity contribution in [1.29, 1.82) is 0 Å². The molecule has 1 heterocycles. The lowest BCUT2D eigenvalue weighted by Crippen LogP contribution is -2.27. The summed E-state index contributed by atoms with van der Waals surface area (Å²) in [5.41, 5.74) is 1.99. The molecule has 0 bridgehead atoms. The van der Waals surface area contributed by atoms with Crippen molar-refractivity contribution < 1.29 is 17.9 Å². The van der Waals surface area contributed by atoms with Crippen molar-refractivity contribution >= 4 is 15.7 Å². The van der Waals surface area contributed by atoms with Gasteiger partial charge in [-0.2, -0.15) is 5.10 Å². The SMILES string of the molecule is CCC(NC(=O)c1cnn(-c2ccccc2OC)c1)c1ccc(S(C)(=O)=O)cc1. The molecule has 0 saturated heterocycles. The van der Waals surface area contributed by atoms with Crippen LogP contribution >= 0.6 is 0 Å². The van der Waals surface area contributed by atoms with Crippen LogP contribution in [0.4, 0.5) is 0 Å². The summed E-state index contributed by atoms with van der Waals surface area (Å²) >= 11 is 0. The third-order valence-corrected chi connectivity index (χ3v) is 5.73. The van der Waals surface area contributed by atoms with Crippen molar-refractivity contribution in [3.05, 3.63) is 72.1 Å². The highest BCUT2D eigenvalue weighted by molar-refractivity contribution is 7.90. The van der Waals surface area contributed by atoms with Gasteiger partial charge in [0.1, 0.15) is 11.4 Å². The van der Waals surface area contributed by atoms with Crippen LogP contribution in [0.3, 0.4) is 0 Å². The van der Waals surface area contributed by atoms with Crippen molar-refractivity contribution in [2.24, 2.45) is 0 Å². The van der Waals surface area contributed by atoms with Crippen LogP contribution in [0.1, 0.15) is 35.3 Å². The summed E-state index contributed by atoms with van der Waals surface area (Å²) in [5.74, 6) is 0.394. The molecular weight excluding hydrogens is 390 g/mol. The van der Waals surface area contributed by atoms with Crippen molar-refractivity contribution in [2.45, 2.75) is 24.3 Å². The fourth-order valence-electron chi connectivity index (χ4n) is 3.00. The van der Waals surface area contributed by atoms with Crippen LogP contribution in [0.5, 0.6) is 5.75 Å². The van der Waals surface area contributed by atoms with E-state index in [1.807, 2.05) is 31.2 Å². The molecule has 0 aliphatic heterocycles. The molecule has 8 heteroatoms. The van der Waals surface area contributed by atoms with E-state index in [2.05, 4.69) is 10.4 Å². The molecule has 3 rings (SSSR count). The minimum Gasteiger partial charge on any atom is -0.494 e. The molecule has 29 heavy (non-hydrogen) atoms. The average Bonchev–Trinajstić information content (AvgIpc) is 3.21. The second-order valence-corrected chi connectivity index (χ2v) is 8.64. The number of carbonyl (C=O) groups is 1. The zero-order valence-electron chi connectivity index (χ0n) is 16.5. The van der Waals surface area contributed by atoms with Gasteiger partial charge in [0.05, 0.1) is 29.8 Å². The lowest BCUT2D eigenvalue weighted by atomic mass is 10.0. The quantitative estimate of drug-likeness (QED) is 0.643. The summed E-state index contributed by atoms with van der Waals surface area (Å²) in [6.07, 6.45) is 4.97. The van der Waals surface area contributed by atoms with Crippen LogP contribution in [0.25, 0.3) is 5.69 Å². The number of amides is 1. The van der Waals surface area contributed by atoms with E-state index in [0.717, 1.165) is 11.3 Å². The van der Waals surface area contributed by atoms with Gasteiger partial charge in [-0.25, -0.2) is 13.1 Å². The first-order valence-corrected chi connectivity index (χ1v) is 11.0. The third-order valence-electron chi connectivity index (χ3n) is 4.60. The Hall–Kier alpha value is -3.13. The van der Waals surface area contributed by atoms with Crippen LogP contribution in [0.15, 0.2) is 65.8 Å². The molecule has 152 valence electrons. The van der Waals surface area contributed by atoms with Crippen molar-refractivity contribution in [3.8, 4) is 11.4 Å². The van der Waals surface area contributed by atoms with Crippen LogP contribution in [-0.2, 0) is 9.84 Å². The lowest BCUT2D eigenvalue weighted by Gasteiger charge is -2.17. The van der Waals surface area contributed by atoms with E-state index < -0.39 is 9.84 Å². The Morgan fingerprint density at radius 1 is 1.17 bits per heavy atom. The van der Waals surface area contributed by atoms with Crippen molar-refractivity contribution in [1.82, 2.24) is 15.1 Å². The largest absolute Gasteiger partial charge is 0.494 e. The summed E-state index contributed by atoms with van der Waals surface area (Å²) < 4.78 is 30.2. The summed E-state index contributed by atoms with van der Waals surface area (Å²) in [7, 11) is -1.68. The number of nitrogens with one attached hydrogen (secondary N) is 1. The van der Waals surface area contributed by atoms with E-state index in [0.29, 0.717) is 17.7 Å². The second-order valence-electron chi connectivity index (χ2n) is 6.62. The van der Waals surface area contributed by atoms with Gasteiger partial charge in [0, 0.05) is 12.5 Å². The van der Waals surface area contributed by atoms with E-state index in [1.165, 1.54) is 12.5 Å². The Morgan fingerprint density at radius 3 is 2.48 bits per heavy atom. The highest BCUT2D eigenvalue weighted by atomic mass is 32.2. The van der Waals surface area contributed by atoms with Crippen molar-refractivity contribution in [3.63, 3.8) is 0 Å². The number of rotatable bonds is 7. The summed E-state index contributed by atoms with van der Waals surface area (Å²) in [5, 5.41) is 7.25. The number of benzene rings is 2. The summed E-state index contributed by atoms with van der Waals surface area (Å²) in [6, 6.07) is 13.7. The molecule has 1 aromatic heterocycles. The van der Waals surface area contributed by atoms with Gasteiger partial charge in [0.15, 0.2) is 9.84 Å². The number of nitrogens with zero attached hydrogens (tertiary/aromatic N) is 2. The molecule has 3 aromatic rings. The van der Waals surface area contributed by atoms with Crippen molar-refractivity contribution in [2.75, 3.05) is 13.4 Å². The third kappa shape index (κ3) is 4.65. The molecule has 0 spiro atoms. The molecule has 1 unspecified atom stereocenters. The number of aromatic nitrogens is 2. The molecule has 0 fully saturated rings. The van der Waals surface area contributed by atoms with Gasteiger partial charge in [-0.1, -0.05) is 31.2 Å². The van der Waals surface area contributed by atoms with Crippen LogP contribution in [0.2, 0.25) is 0 Å². The number of carbonyl (C=O) groups excluding carboxylic acids is 1. The van der Waals surface area contributed by atoms with Gasteiger partial charge in [0.25, 0.3) is 5.91 Å². The zero-order chi connectivity index (χ0) is 21.0. The van der Waals surface area contributed by atoms with Gasteiger partial charge >= 0.3 is 0 Å². The predicted molar refractivity (Wildman–Crippen MR) is 110 cm³/mol. The molecule has 7 nitrogen and oxygen atoms in total. The molecule has 0 aliphatic carbocycles. The van der Waals surface area contributed by atoms with E-state index in [4.69, 9.17) is 4.74 Å². The van der Waals surface area contributed by atoms with Gasteiger partial charge in [-0.3, -0.25) is 4.79 Å². The first-order valence-electron chi connectivity index (χ1n) is 9.12. The predicted octanol–water partition coefficient (Wildman–Crippen LogP) is 3.17. The van der Waals surface area contributed by atoms with E-state index >= 15 is 0 Å². The topological polar surface area (TPSA) is 90.3 Å². The van der Waals surface area contributed by atoms with E-state index in [1.54, 1.807) is 42.3 Å². The maximum Gasteiger partial charge on any atom is 0.254 e. The van der Waals surface area contributed by atoms with Gasteiger partial charge in [-0.15, -0.1) is 0 Å². The van der Waals surface area contributed by atoms with E-state index in [-0.39, 0.29) is 16.8 Å². The highest BCUT2D eigenvalue weighted by Crippen LogP contribution is 2.23. The number of methoxy groups -OCH3 is 1. The zero-order valence-corrected chi connectivity index (χ0v) is 17.3. The minimum absolute atomic E-state index is 0.245. The average molecular weight is 413 g/mol. The number of sulfone groups is 1. The number of hydrogen-bond donors (Lipinski definition) is 1. The normalized spacial score (nSPS) is 12.4. The maximum absolute atomic E-state index is 12.7. The smallest absolute Gasteiger partial charge is 0.254 e. The molecule has 0 radical (unpaired) electrons. The molecular formula is C21H23N3O4S. The summed E-state index contributed by atoms with van der Waals surface area (Å²) in [6.45, 7) is 1.95. The Bertz CT molecular complexity index is 1100. The molecule has 0 aliphatic rings. The number of hydrogen-bond acceptors (Lipinski definition) is 5. The Balaban J connectivity index is 1.78. The van der Waals surface area contributed by atoms with Gasteiger partial charge in [0.2, 0.25) is 0 Å².